The molecule has 0 radical (unpaired) electrons. The van der Waals surface area contributed by atoms with E-state index in [9.17, 15) is 9.59 Å². The summed E-state index contributed by atoms with van der Waals surface area (Å²) in [5, 5.41) is 2.49. The highest BCUT2D eigenvalue weighted by atomic mass is 16.5. The molecule has 1 aromatic heterocycles. The number of aromatic nitrogens is 1. The minimum atomic E-state index is -0.420. The van der Waals surface area contributed by atoms with Gasteiger partial charge in [-0.2, -0.15) is 0 Å². The van der Waals surface area contributed by atoms with E-state index in [1.807, 2.05) is 13.8 Å². The first-order valence-corrected chi connectivity index (χ1v) is 6.00. The van der Waals surface area contributed by atoms with Crippen molar-refractivity contribution in [3.63, 3.8) is 0 Å². The number of hydrogen-bond acceptors (Lipinski definition) is 4. The number of ether oxygens (including phenoxy) is 1. The molecule has 5 nitrogen and oxygen atoms in total. The van der Waals surface area contributed by atoms with E-state index >= 15 is 0 Å². The van der Waals surface area contributed by atoms with E-state index in [0.29, 0.717) is 12.2 Å². The van der Waals surface area contributed by atoms with Crippen molar-refractivity contribution in [3.8, 4) is 0 Å². The second-order valence-electron chi connectivity index (χ2n) is 3.94. The molecule has 1 heterocycles. The maximum absolute atomic E-state index is 11.6. The van der Waals surface area contributed by atoms with Crippen LogP contribution in [0.15, 0.2) is 18.3 Å². The summed E-state index contributed by atoms with van der Waals surface area (Å²) < 4.78 is 4.92. The van der Waals surface area contributed by atoms with E-state index in [1.54, 1.807) is 12.1 Å². The Morgan fingerprint density at radius 2 is 2.17 bits per heavy atom. The summed E-state index contributed by atoms with van der Waals surface area (Å²) in [5.74, 6) is -0.744. The summed E-state index contributed by atoms with van der Waals surface area (Å²) in [7, 11) is 0. The zero-order valence-corrected chi connectivity index (χ0v) is 10.7. The van der Waals surface area contributed by atoms with Crippen molar-refractivity contribution in [1.29, 1.82) is 0 Å². The van der Waals surface area contributed by atoms with Crippen LogP contribution in [0.4, 0.5) is 0 Å². The molecule has 0 aliphatic rings. The first-order valence-electron chi connectivity index (χ1n) is 6.00. The van der Waals surface area contributed by atoms with Crippen LogP contribution in [0, 0.1) is 6.92 Å². The number of pyridine rings is 1. The van der Waals surface area contributed by atoms with Crippen molar-refractivity contribution in [2.75, 3.05) is 13.2 Å². The van der Waals surface area contributed by atoms with Crippen LogP contribution < -0.4 is 5.32 Å². The number of carbonyl (C=O) groups excluding carboxylic acids is 2. The van der Waals surface area contributed by atoms with Gasteiger partial charge in [0.15, 0.2) is 0 Å². The molecular formula is C13H18N2O3. The monoisotopic (exact) mass is 250 g/mol. The lowest BCUT2D eigenvalue weighted by Crippen LogP contribution is -2.30. The average Bonchev–Trinajstić information content (AvgIpc) is 2.37. The predicted octanol–water partition coefficient (Wildman–Crippen LogP) is 1.46. The third-order valence-electron chi connectivity index (χ3n) is 2.33. The molecule has 0 aromatic carbocycles. The van der Waals surface area contributed by atoms with Crippen LogP contribution in [-0.2, 0) is 9.53 Å². The molecule has 0 saturated heterocycles. The van der Waals surface area contributed by atoms with Crippen molar-refractivity contribution in [3.05, 3.63) is 29.6 Å². The van der Waals surface area contributed by atoms with Crippen LogP contribution in [0.5, 0.6) is 0 Å². The second-order valence-corrected chi connectivity index (χ2v) is 3.94. The highest BCUT2D eigenvalue weighted by Crippen LogP contribution is 1.98. The first kappa shape index (κ1) is 14.2. The molecule has 0 aliphatic heterocycles. The van der Waals surface area contributed by atoms with E-state index < -0.39 is 5.97 Å². The lowest BCUT2D eigenvalue weighted by Gasteiger charge is -2.06. The van der Waals surface area contributed by atoms with Crippen molar-refractivity contribution >= 4 is 11.9 Å². The number of esters is 1. The van der Waals surface area contributed by atoms with Gasteiger partial charge in [0, 0.05) is 11.9 Å². The second kappa shape index (κ2) is 7.42. The van der Waals surface area contributed by atoms with Crippen molar-refractivity contribution < 1.29 is 14.3 Å². The highest BCUT2D eigenvalue weighted by molar-refractivity contribution is 5.95. The normalized spacial score (nSPS) is 9.89. The summed E-state index contributed by atoms with van der Waals surface area (Å²) in [6.45, 7) is 4.14. The Kier molecular flexibility index (Phi) is 5.84. The lowest BCUT2D eigenvalue weighted by molar-refractivity contribution is -0.142. The van der Waals surface area contributed by atoms with Crippen LogP contribution in [0.1, 0.15) is 35.8 Å². The summed E-state index contributed by atoms with van der Waals surface area (Å²) in [5.41, 5.74) is 1.27. The van der Waals surface area contributed by atoms with Gasteiger partial charge in [-0.3, -0.25) is 14.6 Å². The lowest BCUT2D eigenvalue weighted by atomic mass is 10.2. The minimum Gasteiger partial charge on any atom is -0.464 e. The van der Waals surface area contributed by atoms with E-state index in [1.165, 1.54) is 6.20 Å². The van der Waals surface area contributed by atoms with Gasteiger partial charge in [0.1, 0.15) is 6.54 Å². The summed E-state index contributed by atoms with van der Waals surface area (Å²) >= 11 is 0. The fourth-order valence-corrected chi connectivity index (χ4v) is 1.24. The quantitative estimate of drug-likeness (QED) is 0.613. The van der Waals surface area contributed by atoms with Gasteiger partial charge in [0.2, 0.25) is 0 Å². The van der Waals surface area contributed by atoms with Gasteiger partial charge in [0.05, 0.1) is 12.2 Å². The van der Waals surface area contributed by atoms with Gasteiger partial charge < -0.3 is 10.1 Å². The number of carbonyl (C=O) groups is 2. The molecule has 1 aromatic rings. The molecule has 1 N–H and O–H groups in total. The van der Waals surface area contributed by atoms with Gasteiger partial charge in [-0.15, -0.1) is 0 Å². The van der Waals surface area contributed by atoms with E-state index in [2.05, 4.69) is 10.3 Å². The number of amides is 1. The Balaban J connectivity index is 2.32. The Morgan fingerprint density at radius 1 is 1.39 bits per heavy atom. The minimum absolute atomic E-state index is 0.115. The van der Waals surface area contributed by atoms with Crippen LogP contribution in [0.3, 0.4) is 0 Å². The van der Waals surface area contributed by atoms with Crippen molar-refractivity contribution in [1.82, 2.24) is 10.3 Å². The molecule has 98 valence electrons. The standard InChI is InChI=1S/C13H18N2O3/c1-3-4-7-18-12(16)9-15-13(17)11-6-5-10(2)14-8-11/h5-6,8H,3-4,7,9H2,1-2H3,(H,15,17). The number of aryl methyl sites for hydroxylation is 1. The fraction of sp³-hybridized carbons (Fsp3) is 0.462. The number of hydrogen-bond donors (Lipinski definition) is 1. The van der Waals surface area contributed by atoms with Crippen LogP contribution >= 0.6 is 0 Å². The first-order chi connectivity index (χ1) is 8.63. The topological polar surface area (TPSA) is 68.3 Å². The van der Waals surface area contributed by atoms with Gasteiger partial charge in [0.25, 0.3) is 5.91 Å². The van der Waals surface area contributed by atoms with E-state index in [-0.39, 0.29) is 12.5 Å². The Morgan fingerprint density at radius 3 is 2.78 bits per heavy atom. The molecule has 0 bridgehead atoms. The zero-order valence-electron chi connectivity index (χ0n) is 10.7. The van der Waals surface area contributed by atoms with Crippen LogP contribution in [0.2, 0.25) is 0 Å². The van der Waals surface area contributed by atoms with Crippen LogP contribution in [0.25, 0.3) is 0 Å². The maximum atomic E-state index is 11.6. The number of unbranched alkanes of at least 4 members (excludes halogenated alkanes) is 1. The van der Waals surface area contributed by atoms with E-state index in [0.717, 1.165) is 18.5 Å². The van der Waals surface area contributed by atoms with Gasteiger partial charge >= 0.3 is 5.97 Å². The Bertz CT molecular complexity index is 401. The van der Waals surface area contributed by atoms with Gasteiger partial charge in [-0.25, -0.2) is 0 Å². The molecule has 1 amide bonds. The predicted molar refractivity (Wildman–Crippen MR) is 67.2 cm³/mol. The molecule has 18 heavy (non-hydrogen) atoms. The molecule has 1 rings (SSSR count). The summed E-state index contributed by atoms with van der Waals surface area (Å²) in [6.07, 6.45) is 3.28. The highest BCUT2D eigenvalue weighted by Gasteiger charge is 2.08. The molecule has 5 heteroatoms. The zero-order chi connectivity index (χ0) is 13.4. The van der Waals surface area contributed by atoms with E-state index in [4.69, 9.17) is 4.74 Å². The Labute approximate surface area is 107 Å². The molecular weight excluding hydrogens is 232 g/mol. The largest absolute Gasteiger partial charge is 0.464 e. The summed E-state index contributed by atoms with van der Waals surface area (Å²) in [4.78, 5) is 26.9. The molecule has 0 spiro atoms. The number of nitrogens with one attached hydrogen (secondary N) is 1. The van der Waals surface area contributed by atoms with Crippen LogP contribution in [-0.4, -0.2) is 30.0 Å². The third-order valence-corrected chi connectivity index (χ3v) is 2.33. The van der Waals surface area contributed by atoms with Crippen molar-refractivity contribution in [2.24, 2.45) is 0 Å². The Hall–Kier alpha value is -1.91. The van der Waals surface area contributed by atoms with Crippen molar-refractivity contribution in [2.45, 2.75) is 26.7 Å². The average molecular weight is 250 g/mol. The smallest absolute Gasteiger partial charge is 0.325 e. The fourth-order valence-electron chi connectivity index (χ4n) is 1.24. The number of nitrogens with zero attached hydrogens (tertiary/aromatic N) is 1. The molecule has 0 saturated carbocycles. The molecule has 0 atom stereocenters. The van der Waals surface area contributed by atoms with Gasteiger partial charge in [-0.05, 0) is 25.5 Å². The number of rotatable bonds is 6. The molecule has 0 fully saturated rings. The molecule has 0 unspecified atom stereocenters. The SMILES string of the molecule is CCCCOC(=O)CNC(=O)c1ccc(C)nc1. The third kappa shape index (κ3) is 4.95. The summed E-state index contributed by atoms with van der Waals surface area (Å²) in [6, 6.07) is 3.41. The molecule has 0 aliphatic carbocycles. The van der Waals surface area contributed by atoms with Gasteiger partial charge in [-0.1, -0.05) is 13.3 Å². The maximum Gasteiger partial charge on any atom is 0.325 e.